The molecule has 0 saturated heterocycles. The molecular formula is C22H27N3O2. The second kappa shape index (κ2) is 9.31. The van der Waals surface area contributed by atoms with Crippen molar-refractivity contribution in [2.24, 2.45) is 11.8 Å². The molecule has 1 saturated carbocycles. The molecule has 0 spiro atoms. The maximum atomic E-state index is 12.5. The topological polar surface area (TPSA) is 71.1 Å². The predicted octanol–water partition coefficient (Wildman–Crippen LogP) is 3.13. The van der Waals surface area contributed by atoms with Crippen LogP contribution >= 0.6 is 0 Å². The van der Waals surface area contributed by atoms with E-state index in [0.29, 0.717) is 13.1 Å². The normalized spacial score (nSPS) is 19.3. The summed E-state index contributed by atoms with van der Waals surface area (Å²) in [6.07, 6.45) is 6.55. The molecule has 1 aliphatic rings. The zero-order chi connectivity index (χ0) is 19.1. The van der Waals surface area contributed by atoms with E-state index >= 15 is 0 Å². The second-order valence-electron chi connectivity index (χ2n) is 7.27. The fourth-order valence-electron chi connectivity index (χ4n) is 3.59. The van der Waals surface area contributed by atoms with E-state index in [4.69, 9.17) is 0 Å². The van der Waals surface area contributed by atoms with Crippen molar-refractivity contribution in [1.82, 2.24) is 15.6 Å². The van der Waals surface area contributed by atoms with Crippen LogP contribution in [0.15, 0.2) is 48.8 Å². The molecule has 0 atom stereocenters. The minimum Gasteiger partial charge on any atom is -0.352 e. The van der Waals surface area contributed by atoms with Gasteiger partial charge in [0.15, 0.2) is 0 Å². The molecule has 1 aromatic heterocycles. The first-order valence-electron chi connectivity index (χ1n) is 9.62. The van der Waals surface area contributed by atoms with Crippen molar-refractivity contribution in [3.05, 3.63) is 65.5 Å². The average molecular weight is 365 g/mol. The SMILES string of the molecule is Cc1ccccc1CNC(=O)C1CCC(C(=O)NCc2cccnc2)CC1. The van der Waals surface area contributed by atoms with Gasteiger partial charge in [-0.25, -0.2) is 0 Å². The van der Waals surface area contributed by atoms with Gasteiger partial charge in [-0.2, -0.15) is 0 Å². The monoisotopic (exact) mass is 365 g/mol. The summed E-state index contributed by atoms with van der Waals surface area (Å²) in [5, 5.41) is 6.04. The molecule has 5 nitrogen and oxygen atoms in total. The molecule has 0 radical (unpaired) electrons. The summed E-state index contributed by atoms with van der Waals surface area (Å²) in [4.78, 5) is 28.9. The highest BCUT2D eigenvalue weighted by atomic mass is 16.2. The number of nitrogens with zero attached hydrogens (tertiary/aromatic N) is 1. The van der Waals surface area contributed by atoms with Crippen LogP contribution in [0.2, 0.25) is 0 Å². The smallest absolute Gasteiger partial charge is 0.223 e. The molecule has 1 aliphatic carbocycles. The summed E-state index contributed by atoms with van der Waals surface area (Å²) in [5.74, 6) is 0.198. The van der Waals surface area contributed by atoms with Crippen molar-refractivity contribution in [2.45, 2.75) is 45.7 Å². The molecule has 1 fully saturated rings. The Bertz CT molecular complexity index is 768. The Labute approximate surface area is 160 Å². The molecule has 2 amide bonds. The number of nitrogens with one attached hydrogen (secondary N) is 2. The van der Waals surface area contributed by atoms with Gasteiger partial charge in [0.2, 0.25) is 11.8 Å². The van der Waals surface area contributed by atoms with E-state index in [2.05, 4.69) is 28.6 Å². The molecule has 1 heterocycles. The lowest BCUT2D eigenvalue weighted by molar-refractivity contribution is -0.130. The first-order valence-corrected chi connectivity index (χ1v) is 9.62. The highest BCUT2D eigenvalue weighted by molar-refractivity contribution is 5.81. The van der Waals surface area contributed by atoms with Crippen molar-refractivity contribution in [3.63, 3.8) is 0 Å². The van der Waals surface area contributed by atoms with Crippen molar-refractivity contribution in [1.29, 1.82) is 0 Å². The van der Waals surface area contributed by atoms with Crippen LogP contribution < -0.4 is 10.6 Å². The third-order valence-electron chi connectivity index (χ3n) is 5.37. The maximum Gasteiger partial charge on any atom is 0.223 e. The summed E-state index contributed by atoms with van der Waals surface area (Å²) in [6, 6.07) is 11.9. The van der Waals surface area contributed by atoms with Crippen LogP contribution in [0.25, 0.3) is 0 Å². The Kier molecular flexibility index (Phi) is 6.58. The van der Waals surface area contributed by atoms with Crippen LogP contribution in [0, 0.1) is 18.8 Å². The molecule has 0 aliphatic heterocycles. The average Bonchev–Trinajstić information content (AvgIpc) is 2.72. The van der Waals surface area contributed by atoms with Crippen molar-refractivity contribution in [3.8, 4) is 0 Å². The summed E-state index contributed by atoms with van der Waals surface area (Å²) >= 11 is 0. The van der Waals surface area contributed by atoms with E-state index < -0.39 is 0 Å². The van der Waals surface area contributed by atoms with E-state index in [1.165, 1.54) is 5.56 Å². The van der Waals surface area contributed by atoms with Crippen LogP contribution in [0.1, 0.15) is 42.4 Å². The van der Waals surface area contributed by atoms with Gasteiger partial charge in [-0.05, 0) is 55.4 Å². The number of hydrogen-bond donors (Lipinski definition) is 2. The Morgan fingerprint density at radius 1 is 0.926 bits per heavy atom. The predicted molar refractivity (Wildman–Crippen MR) is 105 cm³/mol. The van der Waals surface area contributed by atoms with Gasteiger partial charge in [0.25, 0.3) is 0 Å². The van der Waals surface area contributed by atoms with E-state index in [1.807, 2.05) is 30.3 Å². The van der Waals surface area contributed by atoms with Gasteiger partial charge in [-0.15, -0.1) is 0 Å². The van der Waals surface area contributed by atoms with Gasteiger partial charge in [0, 0.05) is 37.3 Å². The number of aromatic nitrogens is 1. The van der Waals surface area contributed by atoms with Crippen LogP contribution in [-0.4, -0.2) is 16.8 Å². The number of benzene rings is 1. The first-order chi connectivity index (χ1) is 13.1. The Balaban J connectivity index is 1.40. The van der Waals surface area contributed by atoms with E-state index in [1.54, 1.807) is 12.4 Å². The molecule has 2 N–H and O–H groups in total. The summed E-state index contributed by atoms with van der Waals surface area (Å²) in [7, 11) is 0. The summed E-state index contributed by atoms with van der Waals surface area (Å²) < 4.78 is 0. The number of amides is 2. The standard InChI is InChI=1S/C22H27N3O2/c1-16-5-2-3-7-20(16)15-25-22(27)19-10-8-18(9-11-19)21(26)24-14-17-6-4-12-23-13-17/h2-7,12-13,18-19H,8-11,14-15H2,1H3,(H,24,26)(H,25,27). The quantitative estimate of drug-likeness (QED) is 0.826. The number of carbonyl (C=O) groups excluding carboxylic acids is 2. The van der Waals surface area contributed by atoms with Gasteiger partial charge < -0.3 is 10.6 Å². The van der Waals surface area contributed by atoms with Crippen molar-refractivity contribution >= 4 is 11.8 Å². The highest BCUT2D eigenvalue weighted by Crippen LogP contribution is 2.29. The Morgan fingerprint density at radius 2 is 1.56 bits per heavy atom. The lowest BCUT2D eigenvalue weighted by Crippen LogP contribution is -2.37. The lowest BCUT2D eigenvalue weighted by atomic mass is 9.81. The number of hydrogen-bond acceptors (Lipinski definition) is 3. The molecular weight excluding hydrogens is 338 g/mol. The van der Waals surface area contributed by atoms with Crippen LogP contribution in [-0.2, 0) is 22.7 Å². The molecule has 5 heteroatoms. The van der Waals surface area contributed by atoms with Gasteiger partial charge in [-0.1, -0.05) is 30.3 Å². The van der Waals surface area contributed by atoms with Crippen LogP contribution in [0.3, 0.4) is 0 Å². The minimum atomic E-state index is 0.00193. The molecule has 3 rings (SSSR count). The number of carbonyl (C=O) groups is 2. The molecule has 0 unspecified atom stereocenters. The van der Waals surface area contributed by atoms with E-state index in [-0.39, 0.29) is 23.7 Å². The zero-order valence-corrected chi connectivity index (χ0v) is 15.8. The summed E-state index contributed by atoms with van der Waals surface area (Å²) in [6.45, 7) is 3.12. The van der Waals surface area contributed by atoms with Crippen LogP contribution in [0.4, 0.5) is 0 Å². The van der Waals surface area contributed by atoms with Gasteiger partial charge in [0.05, 0.1) is 0 Å². The highest BCUT2D eigenvalue weighted by Gasteiger charge is 2.29. The molecule has 0 bridgehead atoms. The Hall–Kier alpha value is -2.69. The van der Waals surface area contributed by atoms with Gasteiger partial charge >= 0.3 is 0 Å². The van der Waals surface area contributed by atoms with Gasteiger partial charge in [0.1, 0.15) is 0 Å². The fraction of sp³-hybridized carbons (Fsp3) is 0.409. The number of aryl methyl sites for hydroxylation is 1. The van der Waals surface area contributed by atoms with E-state index in [0.717, 1.165) is 36.8 Å². The molecule has 142 valence electrons. The molecule has 2 aromatic rings. The third-order valence-corrected chi connectivity index (χ3v) is 5.37. The number of pyridine rings is 1. The lowest BCUT2D eigenvalue weighted by Gasteiger charge is -2.27. The molecule has 1 aromatic carbocycles. The van der Waals surface area contributed by atoms with E-state index in [9.17, 15) is 9.59 Å². The third kappa shape index (κ3) is 5.39. The maximum absolute atomic E-state index is 12.5. The largest absolute Gasteiger partial charge is 0.352 e. The van der Waals surface area contributed by atoms with Crippen molar-refractivity contribution < 1.29 is 9.59 Å². The van der Waals surface area contributed by atoms with Crippen molar-refractivity contribution in [2.75, 3.05) is 0 Å². The summed E-state index contributed by atoms with van der Waals surface area (Å²) in [5.41, 5.74) is 3.33. The second-order valence-corrected chi connectivity index (χ2v) is 7.27. The number of rotatable bonds is 6. The first kappa shape index (κ1) is 19.1. The van der Waals surface area contributed by atoms with Gasteiger partial charge in [-0.3, -0.25) is 14.6 Å². The van der Waals surface area contributed by atoms with Crippen LogP contribution in [0.5, 0.6) is 0 Å². The Morgan fingerprint density at radius 3 is 2.15 bits per heavy atom. The fourth-order valence-corrected chi connectivity index (χ4v) is 3.59. The minimum absolute atomic E-state index is 0.00193. The zero-order valence-electron chi connectivity index (χ0n) is 15.8. The molecule has 27 heavy (non-hydrogen) atoms.